The molecule has 0 saturated heterocycles. The lowest BCUT2D eigenvalue weighted by Gasteiger charge is -2.13. The molecule has 0 bridgehead atoms. The van der Waals surface area contributed by atoms with Crippen LogP contribution in [0.15, 0.2) is 47.5 Å². The van der Waals surface area contributed by atoms with Crippen LogP contribution in [0.3, 0.4) is 0 Å². The summed E-state index contributed by atoms with van der Waals surface area (Å²) in [6.45, 7) is 0. The second-order valence-electron chi connectivity index (χ2n) is 5.30. The molecule has 0 amide bonds. The van der Waals surface area contributed by atoms with E-state index in [0.29, 0.717) is 22.0 Å². The summed E-state index contributed by atoms with van der Waals surface area (Å²) in [5, 5.41) is 5.94. The molecular weight excluding hydrogens is 344 g/mol. The maximum Gasteiger partial charge on any atom is 0.393 e. The van der Waals surface area contributed by atoms with E-state index in [2.05, 4.69) is 4.98 Å². The summed E-state index contributed by atoms with van der Waals surface area (Å²) in [7, 11) is 0. The Balaban J connectivity index is 2.12. The molecule has 3 N–H and O–H groups in total. The molecule has 126 valence electrons. The average Bonchev–Trinajstić information content (AvgIpc) is 2.88. The third-order valence-corrected chi connectivity index (χ3v) is 4.45. The fourth-order valence-electron chi connectivity index (χ4n) is 2.63. The SMILES string of the molecule is N[S+]([O-])c1ccc(-c2c[nH]c3cc(F)ccc23)cc1CC(F)(F)F. The Morgan fingerprint density at radius 3 is 2.54 bits per heavy atom. The first kappa shape index (κ1) is 16.8. The van der Waals surface area contributed by atoms with Crippen molar-refractivity contribution in [1.82, 2.24) is 4.98 Å². The van der Waals surface area contributed by atoms with Crippen molar-refractivity contribution in [3.63, 3.8) is 0 Å². The lowest BCUT2D eigenvalue weighted by Crippen LogP contribution is -2.19. The third kappa shape index (κ3) is 3.40. The number of rotatable bonds is 3. The molecule has 2 aromatic carbocycles. The minimum atomic E-state index is -4.45. The number of halogens is 4. The minimum Gasteiger partial charge on any atom is -0.593 e. The van der Waals surface area contributed by atoms with Crippen LogP contribution in [-0.2, 0) is 17.8 Å². The van der Waals surface area contributed by atoms with Gasteiger partial charge in [-0.05, 0) is 42.0 Å². The number of aromatic amines is 1. The zero-order valence-corrected chi connectivity index (χ0v) is 13.0. The molecule has 0 radical (unpaired) electrons. The predicted molar refractivity (Wildman–Crippen MR) is 84.0 cm³/mol. The highest BCUT2D eigenvalue weighted by Crippen LogP contribution is 2.33. The summed E-state index contributed by atoms with van der Waals surface area (Å²) in [4.78, 5) is 2.83. The van der Waals surface area contributed by atoms with Gasteiger partial charge in [0, 0.05) is 28.2 Å². The second kappa shape index (κ2) is 6.12. The van der Waals surface area contributed by atoms with Crippen LogP contribution in [0.2, 0.25) is 0 Å². The number of aromatic nitrogens is 1. The van der Waals surface area contributed by atoms with Crippen LogP contribution < -0.4 is 5.14 Å². The molecule has 24 heavy (non-hydrogen) atoms. The van der Waals surface area contributed by atoms with Crippen molar-refractivity contribution in [2.75, 3.05) is 0 Å². The highest BCUT2D eigenvalue weighted by Gasteiger charge is 2.31. The van der Waals surface area contributed by atoms with Gasteiger partial charge in [0.25, 0.3) is 0 Å². The summed E-state index contributed by atoms with van der Waals surface area (Å²) in [6, 6.07) is 8.33. The first-order valence-corrected chi connectivity index (χ1v) is 8.09. The van der Waals surface area contributed by atoms with Gasteiger partial charge >= 0.3 is 6.18 Å². The Kier molecular flexibility index (Phi) is 4.29. The quantitative estimate of drug-likeness (QED) is 0.549. The van der Waals surface area contributed by atoms with Gasteiger partial charge in [-0.1, -0.05) is 0 Å². The van der Waals surface area contributed by atoms with Crippen molar-refractivity contribution in [1.29, 1.82) is 0 Å². The minimum absolute atomic E-state index is 0.0537. The van der Waals surface area contributed by atoms with Gasteiger partial charge in [0.1, 0.15) is 5.82 Å². The molecule has 3 rings (SSSR count). The molecule has 0 aliphatic carbocycles. The normalized spacial score (nSPS) is 13.4. The lowest BCUT2D eigenvalue weighted by atomic mass is 10.0. The molecule has 8 heteroatoms. The second-order valence-corrected chi connectivity index (χ2v) is 6.34. The van der Waals surface area contributed by atoms with Gasteiger partial charge in [-0.15, -0.1) is 5.14 Å². The highest BCUT2D eigenvalue weighted by molar-refractivity contribution is 7.89. The van der Waals surface area contributed by atoms with Gasteiger partial charge < -0.3 is 9.54 Å². The Morgan fingerprint density at radius 1 is 1.12 bits per heavy atom. The van der Waals surface area contributed by atoms with Gasteiger partial charge in [0.15, 0.2) is 4.90 Å². The molecule has 0 fully saturated rings. The third-order valence-electron chi connectivity index (χ3n) is 3.62. The lowest BCUT2D eigenvalue weighted by molar-refractivity contribution is -0.127. The smallest absolute Gasteiger partial charge is 0.393 e. The van der Waals surface area contributed by atoms with E-state index in [1.165, 1.54) is 24.3 Å². The summed E-state index contributed by atoms with van der Waals surface area (Å²) >= 11 is -2.02. The number of nitrogens with one attached hydrogen (secondary N) is 1. The van der Waals surface area contributed by atoms with Crippen LogP contribution >= 0.6 is 0 Å². The Bertz CT molecular complexity index is 889. The van der Waals surface area contributed by atoms with Crippen molar-refractivity contribution in [3.8, 4) is 11.1 Å². The summed E-state index contributed by atoms with van der Waals surface area (Å²) < 4.78 is 63.0. The number of alkyl halides is 3. The fraction of sp³-hybridized carbons (Fsp3) is 0.125. The number of H-pyrrole nitrogens is 1. The fourth-order valence-corrected chi connectivity index (χ4v) is 3.23. The zero-order valence-electron chi connectivity index (χ0n) is 12.2. The van der Waals surface area contributed by atoms with Crippen LogP contribution in [0.1, 0.15) is 5.56 Å². The first-order chi connectivity index (χ1) is 11.2. The molecule has 1 atom stereocenters. The zero-order chi connectivity index (χ0) is 17.5. The van der Waals surface area contributed by atoms with Gasteiger partial charge in [-0.3, -0.25) is 0 Å². The number of hydrogen-bond donors (Lipinski definition) is 2. The van der Waals surface area contributed by atoms with Gasteiger partial charge in [-0.25, -0.2) is 4.39 Å². The topological polar surface area (TPSA) is 64.9 Å². The van der Waals surface area contributed by atoms with E-state index in [4.69, 9.17) is 5.14 Å². The van der Waals surface area contributed by atoms with E-state index in [9.17, 15) is 22.1 Å². The first-order valence-electron chi connectivity index (χ1n) is 6.87. The molecule has 0 spiro atoms. The molecule has 0 aliphatic heterocycles. The van der Waals surface area contributed by atoms with Crippen molar-refractivity contribution < 1.29 is 22.1 Å². The molecule has 0 aliphatic rings. The van der Waals surface area contributed by atoms with E-state index in [0.717, 1.165) is 0 Å². The van der Waals surface area contributed by atoms with Crippen molar-refractivity contribution in [3.05, 3.63) is 54.0 Å². The largest absolute Gasteiger partial charge is 0.593 e. The number of fused-ring (bicyclic) bond motifs is 1. The monoisotopic (exact) mass is 356 g/mol. The van der Waals surface area contributed by atoms with Gasteiger partial charge in [0.05, 0.1) is 17.8 Å². The van der Waals surface area contributed by atoms with Crippen LogP contribution in [-0.4, -0.2) is 15.7 Å². The van der Waals surface area contributed by atoms with Crippen LogP contribution in [0.5, 0.6) is 0 Å². The predicted octanol–water partition coefficient (Wildman–Crippen LogP) is 4.06. The molecule has 0 saturated carbocycles. The highest BCUT2D eigenvalue weighted by atomic mass is 32.2. The van der Waals surface area contributed by atoms with Crippen molar-refractivity contribution in [2.24, 2.45) is 5.14 Å². The molecule has 3 nitrogen and oxygen atoms in total. The molecule has 1 aromatic heterocycles. The van der Waals surface area contributed by atoms with Gasteiger partial charge in [0.2, 0.25) is 0 Å². The molecule has 1 unspecified atom stereocenters. The Morgan fingerprint density at radius 2 is 1.88 bits per heavy atom. The summed E-state index contributed by atoms with van der Waals surface area (Å²) in [5.41, 5.74) is 1.52. The molecular formula is C16H12F4N2OS. The van der Waals surface area contributed by atoms with E-state index in [-0.39, 0.29) is 10.5 Å². The number of benzene rings is 2. The molecule has 3 aromatic rings. The van der Waals surface area contributed by atoms with Crippen molar-refractivity contribution >= 4 is 22.3 Å². The van der Waals surface area contributed by atoms with E-state index in [1.54, 1.807) is 18.3 Å². The summed E-state index contributed by atoms with van der Waals surface area (Å²) in [6.07, 6.45) is -4.08. The Hall–Kier alpha value is -2.03. The average molecular weight is 356 g/mol. The maximum atomic E-state index is 13.2. The van der Waals surface area contributed by atoms with Crippen LogP contribution in [0.4, 0.5) is 17.6 Å². The van der Waals surface area contributed by atoms with Gasteiger partial charge in [-0.2, -0.15) is 13.2 Å². The number of hydrogen-bond acceptors (Lipinski definition) is 2. The van der Waals surface area contributed by atoms with E-state index < -0.39 is 29.8 Å². The summed E-state index contributed by atoms with van der Waals surface area (Å²) in [5.74, 6) is -0.414. The van der Waals surface area contributed by atoms with E-state index >= 15 is 0 Å². The van der Waals surface area contributed by atoms with E-state index in [1.807, 2.05) is 0 Å². The number of nitrogens with two attached hydrogens (primary N) is 1. The van der Waals surface area contributed by atoms with Crippen LogP contribution in [0.25, 0.3) is 22.0 Å². The molecule has 1 heterocycles. The van der Waals surface area contributed by atoms with Crippen molar-refractivity contribution in [2.45, 2.75) is 17.5 Å². The standard InChI is InChI=1S/C16H12F4N2OS/c17-11-2-3-12-13(8-22-14(12)6-11)9-1-4-15(24(21)23)10(5-9)7-16(18,19)20/h1-6,8,22H,7,21H2. The van der Waals surface area contributed by atoms with Crippen LogP contribution in [0, 0.1) is 5.82 Å². The maximum absolute atomic E-state index is 13.2. The Labute approximate surface area is 137 Å².